The molecule has 0 radical (unpaired) electrons. The summed E-state index contributed by atoms with van der Waals surface area (Å²) in [5.41, 5.74) is 1.35. The van der Waals surface area contributed by atoms with E-state index in [4.69, 9.17) is 5.11 Å². The summed E-state index contributed by atoms with van der Waals surface area (Å²) >= 11 is 0. The molecule has 1 N–H and O–H groups in total. The molecule has 1 rings (SSSR count). The van der Waals surface area contributed by atoms with Gasteiger partial charge in [0.25, 0.3) is 5.91 Å². The SMILES string of the molecule is CCN(C)C(=O)c1ccc(/C=C/C(=O)O)cc1. The lowest BCUT2D eigenvalue weighted by molar-refractivity contribution is -0.131. The number of hydrogen-bond acceptors (Lipinski definition) is 2. The first-order chi connectivity index (χ1) is 8.04. The molecule has 0 aliphatic carbocycles. The van der Waals surface area contributed by atoms with E-state index < -0.39 is 5.97 Å². The Hall–Kier alpha value is -2.10. The van der Waals surface area contributed by atoms with Crippen molar-refractivity contribution in [3.05, 3.63) is 41.5 Å². The van der Waals surface area contributed by atoms with Crippen molar-refractivity contribution in [2.45, 2.75) is 6.92 Å². The number of nitrogens with zero attached hydrogens (tertiary/aromatic N) is 1. The molecule has 0 unspecified atom stereocenters. The van der Waals surface area contributed by atoms with E-state index in [-0.39, 0.29) is 5.91 Å². The Morgan fingerprint density at radius 2 is 1.88 bits per heavy atom. The second kappa shape index (κ2) is 5.84. The van der Waals surface area contributed by atoms with E-state index in [1.54, 1.807) is 36.2 Å². The fourth-order valence-electron chi connectivity index (χ4n) is 1.27. The van der Waals surface area contributed by atoms with Crippen molar-refractivity contribution in [2.24, 2.45) is 0 Å². The maximum atomic E-state index is 11.8. The molecule has 4 heteroatoms. The van der Waals surface area contributed by atoms with Crippen LogP contribution in [0.5, 0.6) is 0 Å². The molecule has 0 fully saturated rings. The summed E-state index contributed by atoms with van der Waals surface area (Å²) in [6.45, 7) is 2.56. The van der Waals surface area contributed by atoms with Crippen LogP contribution in [0.1, 0.15) is 22.8 Å². The third-order valence-electron chi connectivity index (χ3n) is 2.40. The minimum atomic E-state index is -0.990. The van der Waals surface area contributed by atoms with Gasteiger partial charge in [-0.3, -0.25) is 4.79 Å². The highest BCUT2D eigenvalue weighted by Gasteiger charge is 2.08. The number of rotatable bonds is 4. The summed E-state index contributed by atoms with van der Waals surface area (Å²) in [6.07, 6.45) is 2.55. The lowest BCUT2D eigenvalue weighted by Crippen LogP contribution is -2.26. The lowest BCUT2D eigenvalue weighted by Gasteiger charge is -2.14. The number of carboxylic acid groups (broad SMARTS) is 1. The molecule has 0 aliphatic rings. The van der Waals surface area contributed by atoms with Gasteiger partial charge >= 0.3 is 5.97 Å². The van der Waals surface area contributed by atoms with Crippen molar-refractivity contribution in [3.63, 3.8) is 0 Å². The van der Waals surface area contributed by atoms with E-state index in [1.165, 1.54) is 6.08 Å². The number of hydrogen-bond donors (Lipinski definition) is 1. The van der Waals surface area contributed by atoms with E-state index in [0.29, 0.717) is 12.1 Å². The van der Waals surface area contributed by atoms with Gasteiger partial charge in [-0.2, -0.15) is 0 Å². The van der Waals surface area contributed by atoms with Gasteiger partial charge in [0.1, 0.15) is 0 Å². The predicted molar refractivity (Wildman–Crippen MR) is 65.7 cm³/mol. The molecule has 0 aromatic heterocycles. The molecular formula is C13H15NO3. The molecule has 0 aliphatic heterocycles. The number of carbonyl (C=O) groups is 2. The van der Waals surface area contributed by atoms with Crippen LogP contribution >= 0.6 is 0 Å². The molecule has 17 heavy (non-hydrogen) atoms. The van der Waals surface area contributed by atoms with Gasteiger partial charge in [0.15, 0.2) is 0 Å². The molecule has 0 saturated carbocycles. The fourth-order valence-corrected chi connectivity index (χ4v) is 1.27. The Morgan fingerprint density at radius 1 is 1.29 bits per heavy atom. The second-order valence-corrected chi connectivity index (χ2v) is 3.61. The standard InChI is InChI=1S/C13H15NO3/c1-3-14(2)13(17)11-7-4-10(5-8-11)6-9-12(15)16/h4-9H,3H2,1-2H3,(H,15,16)/b9-6+. The van der Waals surface area contributed by atoms with Gasteiger partial charge in [-0.25, -0.2) is 4.79 Å². The van der Waals surface area contributed by atoms with Crippen molar-refractivity contribution in [1.29, 1.82) is 0 Å². The molecule has 0 atom stereocenters. The predicted octanol–water partition coefficient (Wildman–Crippen LogP) is 1.88. The number of aliphatic carboxylic acids is 1. The number of carboxylic acids is 1. The Bertz CT molecular complexity index is 434. The van der Waals surface area contributed by atoms with Crippen molar-refractivity contribution in [1.82, 2.24) is 4.90 Å². The zero-order valence-electron chi connectivity index (χ0n) is 9.88. The molecular weight excluding hydrogens is 218 g/mol. The molecule has 0 bridgehead atoms. The van der Waals surface area contributed by atoms with E-state index in [0.717, 1.165) is 11.6 Å². The van der Waals surface area contributed by atoms with E-state index in [2.05, 4.69) is 0 Å². The molecule has 1 aromatic carbocycles. The van der Waals surface area contributed by atoms with Gasteiger partial charge in [-0.15, -0.1) is 0 Å². The van der Waals surface area contributed by atoms with Crippen molar-refractivity contribution in [3.8, 4) is 0 Å². The molecule has 0 saturated heterocycles. The van der Waals surface area contributed by atoms with Crippen LogP contribution < -0.4 is 0 Å². The van der Waals surface area contributed by atoms with Gasteiger partial charge in [-0.1, -0.05) is 12.1 Å². The minimum Gasteiger partial charge on any atom is -0.478 e. The van der Waals surface area contributed by atoms with Gasteiger partial charge in [0.05, 0.1) is 0 Å². The summed E-state index contributed by atoms with van der Waals surface area (Å²) < 4.78 is 0. The Kier molecular flexibility index (Phi) is 4.46. The van der Waals surface area contributed by atoms with Crippen LogP contribution in [0.25, 0.3) is 6.08 Å². The van der Waals surface area contributed by atoms with Gasteiger partial charge in [-0.05, 0) is 30.7 Å². The summed E-state index contributed by atoms with van der Waals surface area (Å²) in [5, 5.41) is 8.47. The van der Waals surface area contributed by atoms with Gasteiger partial charge in [0.2, 0.25) is 0 Å². The monoisotopic (exact) mass is 233 g/mol. The molecule has 90 valence electrons. The van der Waals surface area contributed by atoms with Gasteiger partial charge < -0.3 is 10.0 Å². The van der Waals surface area contributed by atoms with E-state index in [9.17, 15) is 9.59 Å². The largest absolute Gasteiger partial charge is 0.478 e. The van der Waals surface area contributed by atoms with Crippen LogP contribution in [0, 0.1) is 0 Å². The first-order valence-electron chi connectivity index (χ1n) is 5.31. The van der Waals surface area contributed by atoms with Crippen molar-refractivity contribution >= 4 is 18.0 Å². The minimum absolute atomic E-state index is 0.0405. The number of amides is 1. The summed E-state index contributed by atoms with van der Waals surface area (Å²) in [5.74, 6) is -1.03. The molecule has 4 nitrogen and oxygen atoms in total. The molecule has 1 amide bonds. The molecule has 0 heterocycles. The fraction of sp³-hybridized carbons (Fsp3) is 0.231. The third kappa shape index (κ3) is 3.75. The first-order valence-corrected chi connectivity index (χ1v) is 5.31. The van der Waals surface area contributed by atoms with Crippen LogP contribution in [-0.4, -0.2) is 35.5 Å². The van der Waals surface area contributed by atoms with E-state index >= 15 is 0 Å². The highest BCUT2D eigenvalue weighted by Crippen LogP contribution is 2.08. The van der Waals surface area contributed by atoms with Crippen LogP contribution in [0.3, 0.4) is 0 Å². The lowest BCUT2D eigenvalue weighted by atomic mass is 10.1. The maximum absolute atomic E-state index is 11.8. The normalized spacial score (nSPS) is 10.5. The maximum Gasteiger partial charge on any atom is 0.328 e. The average Bonchev–Trinajstić information content (AvgIpc) is 2.35. The zero-order valence-corrected chi connectivity index (χ0v) is 9.88. The third-order valence-corrected chi connectivity index (χ3v) is 2.40. The summed E-state index contributed by atoms with van der Waals surface area (Å²) in [4.78, 5) is 23.7. The van der Waals surface area contributed by atoms with Crippen LogP contribution in [0.4, 0.5) is 0 Å². The van der Waals surface area contributed by atoms with Crippen LogP contribution in [0.2, 0.25) is 0 Å². The first kappa shape index (κ1) is 13.0. The van der Waals surface area contributed by atoms with Crippen LogP contribution in [0.15, 0.2) is 30.3 Å². The summed E-state index contributed by atoms with van der Waals surface area (Å²) in [6, 6.07) is 6.82. The number of benzene rings is 1. The highest BCUT2D eigenvalue weighted by atomic mass is 16.4. The van der Waals surface area contributed by atoms with Crippen molar-refractivity contribution in [2.75, 3.05) is 13.6 Å². The second-order valence-electron chi connectivity index (χ2n) is 3.61. The molecule has 1 aromatic rings. The topological polar surface area (TPSA) is 57.6 Å². The summed E-state index contributed by atoms with van der Waals surface area (Å²) in [7, 11) is 1.74. The van der Waals surface area contributed by atoms with E-state index in [1.807, 2.05) is 6.92 Å². The average molecular weight is 233 g/mol. The smallest absolute Gasteiger partial charge is 0.328 e. The zero-order chi connectivity index (χ0) is 12.8. The van der Waals surface area contributed by atoms with Crippen LogP contribution in [-0.2, 0) is 4.79 Å². The highest BCUT2D eigenvalue weighted by molar-refractivity contribution is 5.94. The number of carbonyl (C=O) groups excluding carboxylic acids is 1. The molecule has 0 spiro atoms. The quantitative estimate of drug-likeness (QED) is 0.808. The Balaban J connectivity index is 2.81. The van der Waals surface area contributed by atoms with Gasteiger partial charge in [0, 0.05) is 25.2 Å². The van der Waals surface area contributed by atoms with Crippen molar-refractivity contribution < 1.29 is 14.7 Å². The Morgan fingerprint density at radius 3 is 2.35 bits per heavy atom. The Labute approximate surface area is 100 Å².